The molecule has 0 saturated heterocycles. The number of hydrogen-bond acceptors (Lipinski definition) is 5. The SMILES string of the molecule is C[NH+]1CCc2c(sc3ncn4nc(-c5cc6ccccc6cc5O)nc4c23)C1. The second-order valence-corrected chi connectivity index (χ2v) is 8.57. The van der Waals surface area contributed by atoms with E-state index in [4.69, 9.17) is 4.98 Å². The third-order valence-electron chi connectivity index (χ3n) is 5.58. The number of rotatable bonds is 1. The van der Waals surface area contributed by atoms with Gasteiger partial charge in [0.15, 0.2) is 11.5 Å². The van der Waals surface area contributed by atoms with E-state index in [1.54, 1.807) is 28.2 Å². The molecule has 138 valence electrons. The van der Waals surface area contributed by atoms with Gasteiger partial charge in [0.1, 0.15) is 23.5 Å². The van der Waals surface area contributed by atoms with Gasteiger partial charge in [-0.05, 0) is 28.5 Å². The fraction of sp³-hybridized carbons (Fsp3) is 0.190. The molecule has 6 nitrogen and oxygen atoms in total. The molecule has 28 heavy (non-hydrogen) atoms. The van der Waals surface area contributed by atoms with Gasteiger partial charge in [-0.1, -0.05) is 24.3 Å². The van der Waals surface area contributed by atoms with Gasteiger partial charge in [-0.25, -0.2) is 14.5 Å². The van der Waals surface area contributed by atoms with Crippen molar-refractivity contribution in [3.8, 4) is 17.1 Å². The number of nitrogens with zero attached hydrogens (tertiary/aromatic N) is 4. The number of fused-ring (bicyclic) bond motifs is 6. The molecule has 6 rings (SSSR count). The lowest BCUT2D eigenvalue weighted by Crippen LogP contribution is -3.08. The molecule has 1 atom stereocenters. The monoisotopic (exact) mass is 388 g/mol. The number of thiophene rings is 1. The van der Waals surface area contributed by atoms with Crippen LogP contribution in [-0.4, -0.2) is 38.3 Å². The summed E-state index contributed by atoms with van der Waals surface area (Å²) in [6, 6.07) is 11.7. The van der Waals surface area contributed by atoms with Crippen LogP contribution >= 0.6 is 11.3 Å². The second-order valence-electron chi connectivity index (χ2n) is 7.48. The van der Waals surface area contributed by atoms with Crippen molar-refractivity contribution in [2.45, 2.75) is 13.0 Å². The van der Waals surface area contributed by atoms with E-state index >= 15 is 0 Å². The molecule has 1 aliphatic rings. The molecule has 7 heteroatoms. The van der Waals surface area contributed by atoms with Crippen molar-refractivity contribution in [1.29, 1.82) is 0 Å². The summed E-state index contributed by atoms with van der Waals surface area (Å²) in [4.78, 5) is 13.4. The summed E-state index contributed by atoms with van der Waals surface area (Å²) >= 11 is 1.77. The Balaban J connectivity index is 1.60. The zero-order chi connectivity index (χ0) is 18.8. The third-order valence-corrected chi connectivity index (χ3v) is 6.72. The molecule has 0 fully saturated rings. The van der Waals surface area contributed by atoms with Crippen LogP contribution in [0.15, 0.2) is 42.7 Å². The fourth-order valence-electron chi connectivity index (χ4n) is 4.13. The number of phenols is 1. The lowest BCUT2D eigenvalue weighted by Gasteiger charge is -2.19. The number of nitrogens with one attached hydrogen (secondary N) is 1. The molecule has 3 aromatic heterocycles. The standard InChI is InChI=1S/C21H17N5OS/c1-25-7-6-14-17(10-25)28-21-18(14)20-23-19(24-26(20)11-22-21)15-8-12-4-2-3-5-13(12)9-16(15)27/h2-5,8-9,11,27H,6-7,10H2,1H3/p+1. The molecule has 1 aliphatic heterocycles. The lowest BCUT2D eigenvalue weighted by atomic mass is 10.1. The predicted molar refractivity (Wildman–Crippen MR) is 110 cm³/mol. The molecule has 5 aromatic rings. The van der Waals surface area contributed by atoms with Gasteiger partial charge in [0.05, 0.1) is 29.4 Å². The maximum Gasteiger partial charge on any atom is 0.185 e. The molecular formula is C21H18N5OS+. The first-order valence-corrected chi connectivity index (χ1v) is 10.2. The number of hydrogen-bond donors (Lipinski definition) is 2. The number of quaternary nitrogens is 1. The van der Waals surface area contributed by atoms with E-state index in [1.165, 1.54) is 15.3 Å². The Kier molecular flexibility index (Phi) is 3.27. The average molecular weight is 388 g/mol. The van der Waals surface area contributed by atoms with Gasteiger partial charge in [0.25, 0.3) is 0 Å². The minimum Gasteiger partial charge on any atom is -0.507 e. The zero-order valence-corrected chi connectivity index (χ0v) is 16.1. The Hall–Kier alpha value is -3.03. The van der Waals surface area contributed by atoms with Crippen LogP contribution in [0.1, 0.15) is 10.4 Å². The molecule has 2 N–H and O–H groups in total. The van der Waals surface area contributed by atoms with Crippen LogP contribution in [0.3, 0.4) is 0 Å². The highest BCUT2D eigenvalue weighted by Gasteiger charge is 2.25. The summed E-state index contributed by atoms with van der Waals surface area (Å²) in [5, 5.41) is 18.4. The minimum absolute atomic E-state index is 0.191. The number of aromatic hydroxyl groups is 1. The molecule has 0 amide bonds. The first kappa shape index (κ1) is 16.0. The predicted octanol–water partition coefficient (Wildman–Crippen LogP) is 2.44. The lowest BCUT2D eigenvalue weighted by molar-refractivity contribution is -0.895. The summed E-state index contributed by atoms with van der Waals surface area (Å²) in [7, 11) is 2.23. The molecule has 0 spiro atoms. The molecule has 0 radical (unpaired) electrons. The fourth-order valence-corrected chi connectivity index (χ4v) is 5.43. The Bertz CT molecular complexity index is 1390. The van der Waals surface area contributed by atoms with Crippen LogP contribution in [0.4, 0.5) is 0 Å². The molecule has 0 bridgehead atoms. The van der Waals surface area contributed by atoms with E-state index in [0.717, 1.165) is 46.1 Å². The van der Waals surface area contributed by atoms with Gasteiger partial charge in [-0.15, -0.1) is 16.4 Å². The van der Waals surface area contributed by atoms with Gasteiger partial charge in [0, 0.05) is 6.42 Å². The third kappa shape index (κ3) is 2.26. The number of benzene rings is 2. The highest BCUT2D eigenvalue weighted by atomic mass is 32.1. The van der Waals surface area contributed by atoms with E-state index in [1.807, 2.05) is 30.3 Å². The first-order valence-electron chi connectivity index (χ1n) is 9.36. The van der Waals surface area contributed by atoms with Gasteiger partial charge >= 0.3 is 0 Å². The van der Waals surface area contributed by atoms with Crippen molar-refractivity contribution in [3.63, 3.8) is 0 Å². The van der Waals surface area contributed by atoms with E-state index in [9.17, 15) is 5.11 Å². The smallest absolute Gasteiger partial charge is 0.185 e. The Morgan fingerprint density at radius 2 is 2.00 bits per heavy atom. The van der Waals surface area contributed by atoms with Crippen molar-refractivity contribution in [2.24, 2.45) is 0 Å². The summed E-state index contributed by atoms with van der Waals surface area (Å²) in [6.07, 6.45) is 2.76. The second kappa shape index (κ2) is 5.73. The van der Waals surface area contributed by atoms with Crippen molar-refractivity contribution < 1.29 is 10.0 Å². The molecule has 4 heterocycles. The van der Waals surface area contributed by atoms with Crippen LogP contribution in [0, 0.1) is 0 Å². The number of phenolic OH excluding ortho intramolecular Hbond substituents is 1. The Labute approximate surface area is 164 Å². The van der Waals surface area contributed by atoms with Gasteiger partial charge in [0.2, 0.25) is 0 Å². The topological polar surface area (TPSA) is 67.8 Å². The molecule has 0 aliphatic carbocycles. The average Bonchev–Trinajstić information content (AvgIpc) is 3.27. The summed E-state index contributed by atoms with van der Waals surface area (Å²) in [6.45, 7) is 2.15. The molecule has 0 saturated carbocycles. The molecular weight excluding hydrogens is 370 g/mol. The Morgan fingerprint density at radius 3 is 2.86 bits per heavy atom. The van der Waals surface area contributed by atoms with Crippen LogP contribution in [0.2, 0.25) is 0 Å². The van der Waals surface area contributed by atoms with Crippen LogP contribution in [0.25, 0.3) is 38.0 Å². The maximum absolute atomic E-state index is 10.6. The Morgan fingerprint density at radius 1 is 1.18 bits per heavy atom. The van der Waals surface area contributed by atoms with Gasteiger partial charge in [-0.2, -0.15) is 0 Å². The summed E-state index contributed by atoms with van der Waals surface area (Å²) in [5.74, 6) is 0.715. The molecule has 1 unspecified atom stereocenters. The quantitative estimate of drug-likeness (QED) is 0.463. The van der Waals surface area contributed by atoms with Crippen LogP contribution < -0.4 is 4.90 Å². The number of aromatic nitrogens is 4. The maximum atomic E-state index is 10.6. The van der Waals surface area contributed by atoms with E-state index < -0.39 is 0 Å². The summed E-state index contributed by atoms with van der Waals surface area (Å²) in [5.41, 5.74) is 2.83. The number of likely N-dealkylation sites (N-methyl/N-ethyl adjacent to an activating group) is 1. The van der Waals surface area contributed by atoms with Crippen molar-refractivity contribution in [1.82, 2.24) is 19.6 Å². The van der Waals surface area contributed by atoms with Gasteiger partial charge < -0.3 is 10.0 Å². The van der Waals surface area contributed by atoms with E-state index in [0.29, 0.717) is 11.4 Å². The zero-order valence-electron chi connectivity index (χ0n) is 15.3. The van der Waals surface area contributed by atoms with E-state index in [2.05, 4.69) is 17.1 Å². The van der Waals surface area contributed by atoms with Crippen molar-refractivity contribution in [2.75, 3.05) is 13.6 Å². The molecule has 2 aromatic carbocycles. The van der Waals surface area contributed by atoms with Crippen molar-refractivity contribution >= 4 is 38.0 Å². The minimum atomic E-state index is 0.191. The van der Waals surface area contributed by atoms with Gasteiger partial charge in [-0.3, -0.25) is 0 Å². The highest BCUT2D eigenvalue weighted by Crippen LogP contribution is 2.36. The van der Waals surface area contributed by atoms with Crippen molar-refractivity contribution in [3.05, 3.63) is 53.2 Å². The van der Waals surface area contributed by atoms with E-state index in [-0.39, 0.29) is 5.75 Å². The van der Waals surface area contributed by atoms with Crippen LogP contribution in [0.5, 0.6) is 5.75 Å². The highest BCUT2D eigenvalue weighted by molar-refractivity contribution is 7.19. The normalized spacial score (nSPS) is 16.8. The summed E-state index contributed by atoms with van der Waals surface area (Å²) < 4.78 is 1.74. The largest absolute Gasteiger partial charge is 0.507 e. The first-order chi connectivity index (χ1) is 13.7. The van der Waals surface area contributed by atoms with Crippen LogP contribution in [-0.2, 0) is 13.0 Å².